The van der Waals surface area contributed by atoms with Gasteiger partial charge < -0.3 is 9.84 Å². The van der Waals surface area contributed by atoms with E-state index >= 15 is 0 Å². The van der Waals surface area contributed by atoms with E-state index in [9.17, 15) is 5.11 Å². The second kappa shape index (κ2) is 5.01. The Morgan fingerprint density at radius 3 is 2.60 bits per heavy atom. The van der Waals surface area contributed by atoms with E-state index in [4.69, 9.17) is 4.74 Å². The van der Waals surface area contributed by atoms with Crippen LogP contribution in [-0.4, -0.2) is 18.3 Å². The maximum Gasteiger partial charge on any atom is 0.0893 e. The molecule has 1 N–H and O–H groups in total. The van der Waals surface area contributed by atoms with Crippen LogP contribution in [0.5, 0.6) is 0 Å². The molecule has 1 aromatic rings. The fourth-order valence-electron chi connectivity index (χ4n) is 4.23. The minimum Gasteiger partial charge on any atom is -0.396 e. The Kier molecular flexibility index (Phi) is 3.47. The molecule has 2 aliphatic rings. The zero-order chi connectivity index (χ0) is 14.3. The van der Waals surface area contributed by atoms with Crippen LogP contribution in [-0.2, 0) is 4.74 Å². The van der Waals surface area contributed by atoms with E-state index in [0.717, 1.165) is 0 Å². The first-order valence-corrected chi connectivity index (χ1v) is 7.56. The van der Waals surface area contributed by atoms with Crippen LogP contribution in [0.25, 0.3) is 0 Å². The Labute approximate surface area is 121 Å². The molecule has 1 aromatic carbocycles. The summed E-state index contributed by atoms with van der Waals surface area (Å²) in [6, 6.07) is 10.5. The van der Waals surface area contributed by atoms with Crippen molar-refractivity contribution in [2.24, 2.45) is 23.2 Å². The Balaban J connectivity index is 2.02. The monoisotopic (exact) mass is 272 g/mol. The summed E-state index contributed by atoms with van der Waals surface area (Å²) in [6.45, 7) is 7.55. The summed E-state index contributed by atoms with van der Waals surface area (Å²) in [5.41, 5.74) is 2.54. The molecule has 2 nitrogen and oxygen atoms in total. The van der Waals surface area contributed by atoms with E-state index in [1.54, 1.807) is 0 Å². The maximum atomic E-state index is 9.97. The standard InChI is InChI=1S/C18H24O2/c1-12-9-13(2)18(10-19)11-20-17(16(12)14(18)3)15-7-5-4-6-8-15/h4-9,13-14,16-17,19H,10-11H2,1-3H3/t13-,14-,16-,17-,18-/m1/s1. The van der Waals surface area contributed by atoms with Gasteiger partial charge in [-0.05, 0) is 24.3 Å². The average molecular weight is 272 g/mol. The summed E-state index contributed by atoms with van der Waals surface area (Å²) in [5, 5.41) is 9.97. The van der Waals surface area contributed by atoms with E-state index < -0.39 is 0 Å². The first kappa shape index (κ1) is 13.8. The molecule has 0 aromatic heterocycles. The van der Waals surface area contributed by atoms with Gasteiger partial charge in [-0.1, -0.05) is 55.8 Å². The van der Waals surface area contributed by atoms with Crippen molar-refractivity contribution in [3.05, 3.63) is 47.5 Å². The van der Waals surface area contributed by atoms with Gasteiger partial charge in [-0.15, -0.1) is 0 Å². The van der Waals surface area contributed by atoms with E-state index in [2.05, 4.69) is 51.1 Å². The van der Waals surface area contributed by atoms with Crippen molar-refractivity contribution < 1.29 is 9.84 Å². The van der Waals surface area contributed by atoms with Crippen LogP contribution in [0.4, 0.5) is 0 Å². The van der Waals surface area contributed by atoms with Gasteiger partial charge in [0.2, 0.25) is 0 Å². The molecule has 1 heterocycles. The fourth-order valence-corrected chi connectivity index (χ4v) is 4.23. The summed E-state index contributed by atoms with van der Waals surface area (Å²) in [6.07, 6.45) is 2.47. The molecule has 1 fully saturated rings. The number of aliphatic hydroxyl groups excluding tert-OH is 1. The average Bonchev–Trinajstić information content (AvgIpc) is 2.46. The zero-order valence-electron chi connectivity index (χ0n) is 12.5. The molecule has 0 unspecified atom stereocenters. The molecule has 2 bridgehead atoms. The number of benzene rings is 1. The third-order valence-electron chi connectivity index (χ3n) is 5.67. The van der Waals surface area contributed by atoms with E-state index in [1.165, 1.54) is 11.1 Å². The molecular weight excluding hydrogens is 248 g/mol. The highest BCUT2D eigenvalue weighted by Gasteiger charge is 2.53. The second-order valence-corrected chi connectivity index (χ2v) is 6.55. The number of aliphatic hydroxyl groups is 1. The van der Waals surface area contributed by atoms with Crippen molar-refractivity contribution in [3.8, 4) is 0 Å². The number of fused-ring (bicyclic) bond motifs is 2. The topological polar surface area (TPSA) is 29.5 Å². The van der Waals surface area contributed by atoms with Crippen molar-refractivity contribution in [2.75, 3.05) is 13.2 Å². The van der Waals surface area contributed by atoms with Gasteiger partial charge in [0.15, 0.2) is 0 Å². The third kappa shape index (κ3) is 1.86. The molecule has 1 aliphatic carbocycles. The normalized spacial score (nSPS) is 40.3. The smallest absolute Gasteiger partial charge is 0.0893 e. The Bertz CT molecular complexity index is 507. The van der Waals surface area contributed by atoms with Gasteiger partial charge >= 0.3 is 0 Å². The van der Waals surface area contributed by atoms with Crippen LogP contribution in [0.1, 0.15) is 32.4 Å². The van der Waals surface area contributed by atoms with E-state index in [0.29, 0.717) is 24.4 Å². The fraction of sp³-hybridized carbons (Fsp3) is 0.556. The Hall–Kier alpha value is -1.12. The molecule has 0 amide bonds. The van der Waals surface area contributed by atoms with Crippen molar-refractivity contribution in [1.29, 1.82) is 0 Å². The minimum atomic E-state index is -0.116. The number of allylic oxidation sites excluding steroid dienone is 1. The van der Waals surface area contributed by atoms with Crippen molar-refractivity contribution in [1.82, 2.24) is 0 Å². The number of hydrogen-bond acceptors (Lipinski definition) is 2. The van der Waals surface area contributed by atoms with Gasteiger partial charge in [0.05, 0.1) is 19.3 Å². The highest BCUT2D eigenvalue weighted by molar-refractivity contribution is 5.27. The largest absolute Gasteiger partial charge is 0.396 e. The summed E-state index contributed by atoms with van der Waals surface area (Å²) in [5.74, 6) is 1.18. The van der Waals surface area contributed by atoms with Gasteiger partial charge in [0.1, 0.15) is 0 Å². The van der Waals surface area contributed by atoms with Crippen LogP contribution in [0.2, 0.25) is 0 Å². The van der Waals surface area contributed by atoms with Gasteiger partial charge in [-0.2, -0.15) is 0 Å². The molecule has 1 aliphatic heterocycles. The highest BCUT2D eigenvalue weighted by Crippen LogP contribution is 2.55. The van der Waals surface area contributed by atoms with Gasteiger partial charge in [0.25, 0.3) is 0 Å². The molecule has 20 heavy (non-hydrogen) atoms. The molecule has 1 saturated heterocycles. The van der Waals surface area contributed by atoms with Gasteiger partial charge in [-0.3, -0.25) is 0 Å². The lowest BCUT2D eigenvalue weighted by molar-refractivity contribution is -0.165. The van der Waals surface area contributed by atoms with Crippen LogP contribution >= 0.6 is 0 Å². The molecule has 108 valence electrons. The van der Waals surface area contributed by atoms with Gasteiger partial charge in [-0.25, -0.2) is 0 Å². The summed E-state index contributed by atoms with van der Waals surface area (Å²) >= 11 is 0. The maximum absolute atomic E-state index is 9.97. The third-order valence-corrected chi connectivity index (χ3v) is 5.67. The van der Waals surface area contributed by atoms with Crippen LogP contribution in [0.3, 0.4) is 0 Å². The van der Waals surface area contributed by atoms with Crippen LogP contribution in [0.15, 0.2) is 42.0 Å². The number of ether oxygens (including phenoxy) is 1. The number of hydrogen-bond donors (Lipinski definition) is 1. The van der Waals surface area contributed by atoms with Crippen LogP contribution < -0.4 is 0 Å². The molecule has 5 atom stereocenters. The quantitative estimate of drug-likeness (QED) is 0.834. The highest BCUT2D eigenvalue weighted by atomic mass is 16.5. The van der Waals surface area contributed by atoms with Gasteiger partial charge in [0, 0.05) is 11.3 Å². The second-order valence-electron chi connectivity index (χ2n) is 6.55. The zero-order valence-corrected chi connectivity index (χ0v) is 12.5. The van der Waals surface area contributed by atoms with E-state index in [1.807, 2.05) is 6.07 Å². The summed E-state index contributed by atoms with van der Waals surface area (Å²) in [4.78, 5) is 0. The summed E-state index contributed by atoms with van der Waals surface area (Å²) in [7, 11) is 0. The van der Waals surface area contributed by atoms with Crippen molar-refractivity contribution in [2.45, 2.75) is 26.9 Å². The number of rotatable bonds is 2. The molecule has 2 heteroatoms. The molecular formula is C18H24O2. The van der Waals surface area contributed by atoms with E-state index in [-0.39, 0.29) is 18.1 Å². The molecule has 0 saturated carbocycles. The first-order valence-electron chi connectivity index (χ1n) is 7.56. The van der Waals surface area contributed by atoms with Crippen molar-refractivity contribution >= 4 is 0 Å². The SMILES string of the molecule is CC1=C[C@@H](C)[C@@]2(CO)CO[C@H](c3ccccc3)[C@H]1[C@H]2C. The molecule has 0 radical (unpaired) electrons. The lowest BCUT2D eigenvalue weighted by Crippen LogP contribution is -2.53. The predicted octanol–water partition coefficient (Wildman–Crippen LogP) is 3.58. The first-order chi connectivity index (χ1) is 9.60. The molecule has 0 spiro atoms. The lowest BCUT2D eigenvalue weighted by Gasteiger charge is -2.55. The van der Waals surface area contributed by atoms with Crippen LogP contribution in [0, 0.1) is 23.2 Å². The van der Waals surface area contributed by atoms with Crippen molar-refractivity contribution in [3.63, 3.8) is 0 Å². The molecule has 3 rings (SSSR count). The lowest BCUT2D eigenvalue weighted by atomic mass is 9.56. The Morgan fingerprint density at radius 2 is 1.95 bits per heavy atom. The Morgan fingerprint density at radius 1 is 1.25 bits per heavy atom. The predicted molar refractivity (Wildman–Crippen MR) is 80.2 cm³/mol. The summed E-state index contributed by atoms with van der Waals surface area (Å²) < 4.78 is 6.24. The minimum absolute atomic E-state index is 0.116.